The van der Waals surface area contributed by atoms with Crippen molar-refractivity contribution in [3.63, 3.8) is 0 Å². The summed E-state index contributed by atoms with van der Waals surface area (Å²) in [4.78, 5) is 18.0. The van der Waals surface area contributed by atoms with E-state index in [0.717, 1.165) is 48.9 Å². The van der Waals surface area contributed by atoms with E-state index in [2.05, 4.69) is 28.2 Å². The number of aryl methyl sites for hydroxylation is 1. The number of hydrogen-bond donors (Lipinski definition) is 1. The molecule has 0 bridgehead atoms. The molecule has 2 heterocycles. The van der Waals surface area contributed by atoms with Gasteiger partial charge in [0.25, 0.3) is 0 Å². The summed E-state index contributed by atoms with van der Waals surface area (Å²) in [7, 11) is 0. The zero-order chi connectivity index (χ0) is 21.1. The maximum Gasteiger partial charge on any atom is 0.217 e. The van der Waals surface area contributed by atoms with E-state index in [0.29, 0.717) is 5.92 Å². The third-order valence-electron chi connectivity index (χ3n) is 5.80. The van der Waals surface area contributed by atoms with Crippen molar-refractivity contribution in [3.05, 3.63) is 47.7 Å². The first-order valence-electron chi connectivity index (χ1n) is 10.9. The number of pyridine rings is 1. The molecule has 2 atom stereocenters. The quantitative estimate of drug-likeness (QED) is 0.713. The molecule has 2 aliphatic rings. The molecule has 1 aliphatic heterocycles. The molecule has 1 unspecified atom stereocenters. The third kappa shape index (κ3) is 5.23. The van der Waals surface area contributed by atoms with E-state index in [1.54, 1.807) is 0 Å². The van der Waals surface area contributed by atoms with Gasteiger partial charge in [-0.2, -0.15) is 0 Å². The van der Waals surface area contributed by atoms with E-state index in [9.17, 15) is 4.79 Å². The third-order valence-corrected chi connectivity index (χ3v) is 5.80. The van der Waals surface area contributed by atoms with E-state index >= 15 is 0 Å². The minimum atomic E-state index is -0.0265. The molecule has 1 saturated carbocycles. The number of hydrogen-bond acceptors (Lipinski definition) is 5. The van der Waals surface area contributed by atoms with Crippen LogP contribution in [0.5, 0.6) is 11.6 Å². The summed E-state index contributed by atoms with van der Waals surface area (Å²) < 4.78 is 12.1. The van der Waals surface area contributed by atoms with Gasteiger partial charge in [0, 0.05) is 37.8 Å². The van der Waals surface area contributed by atoms with Crippen molar-refractivity contribution in [2.24, 2.45) is 5.92 Å². The highest BCUT2D eigenvalue weighted by molar-refractivity contribution is 5.73. The second-order valence-electron chi connectivity index (χ2n) is 8.53. The van der Waals surface area contributed by atoms with Crippen LogP contribution >= 0.6 is 0 Å². The molecule has 0 spiro atoms. The Morgan fingerprint density at radius 1 is 1.27 bits per heavy atom. The Morgan fingerprint density at radius 2 is 2.03 bits per heavy atom. The van der Waals surface area contributed by atoms with E-state index in [1.165, 1.54) is 25.5 Å². The Bertz CT molecular complexity index is 880. The van der Waals surface area contributed by atoms with Gasteiger partial charge in [0.2, 0.25) is 11.8 Å². The average Bonchev–Trinajstić information content (AvgIpc) is 3.44. The van der Waals surface area contributed by atoms with Crippen molar-refractivity contribution >= 4 is 11.6 Å². The first-order valence-corrected chi connectivity index (χ1v) is 10.9. The van der Waals surface area contributed by atoms with Crippen LogP contribution in [0.4, 0.5) is 5.69 Å². The second kappa shape index (κ2) is 8.94. The summed E-state index contributed by atoms with van der Waals surface area (Å²) >= 11 is 0. The molecule has 1 aromatic carbocycles. The highest BCUT2D eigenvalue weighted by atomic mass is 16.5. The molecule has 160 valence electrons. The predicted molar refractivity (Wildman–Crippen MR) is 117 cm³/mol. The minimum absolute atomic E-state index is 0.00971. The minimum Gasteiger partial charge on any atom is -0.489 e. The maximum atomic E-state index is 11.2. The van der Waals surface area contributed by atoms with Crippen LogP contribution in [0, 0.1) is 12.8 Å². The molecular formula is C24H31N3O3. The van der Waals surface area contributed by atoms with Crippen molar-refractivity contribution in [2.75, 3.05) is 24.6 Å². The first-order chi connectivity index (χ1) is 14.5. The number of rotatable bonds is 8. The average molecular weight is 410 g/mol. The molecule has 2 aromatic rings. The Kier molecular flexibility index (Phi) is 6.11. The lowest BCUT2D eigenvalue weighted by molar-refractivity contribution is -0.119. The van der Waals surface area contributed by atoms with E-state index < -0.39 is 0 Å². The Balaban J connectivity index is 1.34. The van der Waals surface area contributed by atoms with Gasteiger partial charge in [0.1, 0.15) is 11.9 Å². The number of carbonyl (C=O) groups excluding carboxylic acids is 1. The van der Waals surface area contributed by atoms with Crippen LogP contribution in [-0.4, -0.2) is 36.7 Å². The number of nitrogens with zero attached hydrogens (tertiary/aromatic N) is 2. The second-order valence-corrected chi connectivity index (χ2v) is 8.53. The first kappa shape index (κ1) is 20.5. The number of aromatic nitrogens is 1. The van der Waals surface area contributed by atoms with Crippen LogP contribution < -0.4 is 19.7 Å². The zero-order valence-electron chi connectivity index (χ0n) is 18.1. The van der Waals surface area contributed by atoms with Gasteiger partial charge in [-0.1, -0.05) is 12.1 Å². The molecule has 1 N–H and O–H groups in total. The summed E-state index contributed by atoms with van der Waals surface area (Å²) in [6.45, 7) is 8.18. The maximum absolute atomic E-state index is 11.2. The van der Waals surface area contributed by atoms with Gasteiger partial charge in [-0.25, -0.2) is 4.98 Å². The molecule has 2 fully saturated rings. The van der Waals surface area contributed by atoms with Crippen molar-refractivity contribution in [3.8, 4) is 11.6 Å². The lowest BCUT2D eigenvalue weighted by Crippen LogP contribution is -2.25. The summed E-state index contributed by atoms with van der Waals surface area (Å²) in [6, 6.07) is 10.1. The molecule has 6 nitrogen and oxygen atoms in total. The van der Waals surface area contributed by atoms with Gasteiger partial charge in [-0.15, -0.1) is 0 Å². The van der Waals surface area contributed by atoms with Crippen LogP contribution in [-0.2, 0) is 4.79 Å². The smallest absolute Gasteiger partial charge is 0.217 e. The molecule has 4 rings (SSSR count). The number of benzene rings is 1. The van der Waals surface area contributed by atoms with Gasteiger partial charge in [0.05, 0.1) is 19.2 Å². The standard InChI is InChI=1S/C24H31N3O3/c1-16-13-25-24(29-15-19-4-5-19)12-23(16)27-11-10-22(14-27)30-21-8-6-20(7-9-21)17(2)26-18(3)28/h6-9,12-13,17,19,22H,4-5,10-11,14-15H2,1-3H3,(H,26,28)/t17-,22?/m0/s1. The van der Waals surface area contributed by atoms with Gasteiger partial charge in [0.15, 0.2) is 0 Å². The molecule has 0 radical (unpaired) electrons. The van der Waals surface area contributed by atoms with Crippen molar-refractivity contribution in [2.45, 2.75) is 52.2 Å². The summed E-state index contributed by atoms with van der Waals surface area (Å²) in [5.41, 5.74) is 3.41. The fraction of sp³-hybridized carbons (Fsp3) is 0.500. The molecule has 6 heteroatoms. The van der Waals surface area contributed by atoms with Crippen LogP contribution in [0.15, 0.2) is 36.5 Å². The summed E-state index contributed by atoms with van der Waals surface area (Å²) in [5, 5.41) is 2.90. The molecule has 1 amide bonds. The SMILES string of the molecule is CC(=O)N[C@@H](C)c1ccc(OC2CCN(c3cc(OCC4CC4)ncc3C)C2)cc1. The van der Waals surface area contributed by atoms with Crippen LogP contribution in [0.3, 0.4) is 0 Å². The van der Waals surface area contributed by atoms with Crippen LogP contribution in [0.2, 0.25) is 0 Å². The Labute approximate surface area is 178 Å². The van der Waals surface area contributed by atoms with Crippen LogP contribution in [0.1, 0.15) is 50.3 Å². The van der Waals surface area contributed by atoms with E-state index in [1.807, 2.05) is 37.4 Å². The van der Waals surface area contributed by atoms with Crippen molar-refractivity contribution in [1.29, 1.82) is 0 Å². The summed E-state index contributed by atoms with van der Waals surface area (Å²) in [6.07, 6.45) is 5.57. The van der Waals surface area contributed by atoms with Gasteiger partial charge in [-0.3, -0.25) is 4.79 Å². The zero-order valence-corrected chi connectivity index (χ0v) is 18.1. The molecule has 1 saturated heterocycles. The highest BCUT2D eigenvalue weighted by Crippen LogP contribution is 2.32. The molecule has 30 heavy (non-hydrogen) atoms. The Hall–Kier alpha value is -2.76. The Morgan fingerprint density at radius 3 is 2.73 bits per heavy atom. The van der Waals surface area contributed by atoms with Crippen molar-refractivity contribution < 1.29 is 14.3 Å². The number of nitrogens with one attached hydrogen (secondary N) is 1. The molecule has 1 aliphatic carbocycles. The normalized spacial score (nSPS) is 19.4. The number of anilines is 1. The van der Waals surface area contributed by atoms with Gasteiger partial charge < -0.3 is 19.7 Å². The highest BCUT2D eigenvalue weighted by Gasteiger charge is 2.26. The molecular weight excluding hydrogens is 378 g/mol. The molecule has 1 aromatic heterocycles. The van der Waals surface area contributed by atoms with E-state index in [-0.39, 0.29) is 18.1 Å². The lowest BCUT2D eigenvalue weighted by Gasteiger charge is -2.22. The van der Waals surface area contributed by atoms with Gasteiger partial charge in [-0.05, 0) is 55.9 Å². The largest absolute Gasteiger partial charge is 0.489 e. The fourth-order valence-electron chi connectivity index (χ4n) is 3.86. The number of ether oxygens (including phenoxy) is 2. The topological polar surface area (TPSA) is 63.7 Å². The van der Waals surface area contributed by atoms with Crippen LogP contribution in [0.25, 0.3) is 0 Å². The summed E-state index contributed by atoms with van der Waals surface area (Å²) in [5.74, 6) is 2.27. The number of carbonyl (C=O) groups is 1. The van der Waals surface area contributed by atoms with Gasteiger partial charge >= 0.3 is 0 Å². The van der Waals surface area contributed by atoms with E-state index in [4.69, 9.17) is 9.47 Å². The predicted octanol–water partition coefficient (Wildman–Crippen LogP) is 4.03. The monoisotopic (exact) mass is 409 g/mol. The fourth-order valence-corrected chi connectivity index (χ4v) is 3.86. The lowest BCUT2D eigenvalue weighted by atomic mass is 10.1. The number of amides is 1. The van der Waals surface area contributed by atoms with Crippen molar-refractivity contribution in [1.82, 2.24) is 10.3 Å².